The van der Waals surface area contributed by atoms with Crippen LogP contribution in [-0.2, 0) is 4.79 Å². The maximum absolute atomic E-state index is 11.9. The van der Waals surface area contributed by atoms with E-state index in [1.54, 1.807) is 0 Å². The maximum atomic E-state index is 11.9. The van der Waals surface area contributed by atoms with Crippen molar-refractivity contribution in [2.75, 3.05) is 13.1 Å². The predicted molar refractivity (Wildman–Crippen MR) is 60.0 cm³/mol. The average molecular weight is 242 g/mol. The lowest BCUT2D eigenvalue weighted by Gasteiger charge is -2.17. The van der Waals surface area contributed by atoms with Gasteiger partial charge < -0.3 is 5.73 Å². The highest BCUT2D eigenvalue weighted by molar-refractivity contribution is 6.29. The first-order chi connectivity index (χ1) is 7.56. The van der Waals surface area contributed by atoms with Gasteiger partial charge in [-0.1, -0.05) is 11.6 Å². The molecule has 0 atom stereocenters. The van der Waals surface area contributed by atoms with E-state index in [0.29, 0.717) is 5.56 Å². The van der Waals surface area contributed by atoms with Crippen molar-refractivity contribution in [3.63, 3.8) is 0 Å². The van der Waals surface area contributed by atoms with E-state index in [-0.39, 0.29) is 24.1 Å². The van der Waals surface area contributed by atoms with Crippen LogP contribution in [0.25, 0.3) is 0 Å². The van der Waals surface area contributed by atoms with E-state index in [9.17, 15) is 9.59 Å². The highest BCUT2D eigenvalue weighted by Crippen LogP contribution is 2.09. The Bertz CT molecular complexity index is 409. The normalized spacial score (nSPS) is 9.94. The molecule has 0 radical (unpaired) electrons. The summed E-state index contributed by atoms with van der Waals surface area (Å²) in [5.74, 6) is -0.759. The smallest absolute Gasteiger partial charge is 0.260 e. The molecule has 0 unspecified atom stereocenters. The van der Waals surface area contributed by atoms with E-state index in [1.807, 2.05) is 0 Å². The van der Waals surface area contributed by atoms with Crippen molar-refractivity contribution in [2.45, 2.75) is 6.92 Å². The summed E-state index contributed by atoms with van der Waals surface area (Å²) >= 11 is 5.66. The first-order valence-electron chi connectivity index (χ1n) is 4.70. The highest BCUT2D eigenvalue weighted by Gasteiger charge is 2.18. The van der Waals surface area contributed by atoms with E-state index < -0.39 is 5.91 Å². The van der Waals surface area contributed by atoms with Gasteiger partial charge in [-0.25, -0.2) is 4.98 Å². The average Bonchev–Trinajstić information content (AvgIpc) is 2.24. The first-order valence-corrected chi connectivity index (χ1v) is 5.08. The number of hydrogen-bond acceptors (Lipinski definition) is 4. The molecule has 2 amide bonds. The molecule has 1 aromatic rings. The van der Waals surface area contributed by atoms with Crippen LogP contribution in [0, 0.1) is 0 Å². The number of hydrogen-bond donors (Lipinski definition) is 1. The van der Waals surface area contributed by atoms with Gasteiger partial charge in [0.05, 0.1) is 0 Å². The molecule has 0 spiro atoms. The van der Waals surface area contributed by atoms with Crippen molar-refractivity contribution >= 4 is 23.4 Å². The summed E-state index contributed by atoms with van der Waals surface area (Å²) in [6.07, 6.45) is 1.41. The zero-order valence-corrected chi connectivity index (χ0v) is 9.57. The molecule has 16 heavy (non-hydrogen) atoms. The maximum Gasteiger partial charge on any atom is 0.260 e. The molecule has 0 aliphatic rings. The van der Waals surface area contributed by atoms with Gasteiger partial charge in [0, 0.05) is 31.8 Å². The second-order valence-electron chi connectivity index (χ2n) is 3.13. The van der Waals surface area contributed by atoms with E-state index in [4.69, 9.17) is 17.3 Å². The fourth-order valence-corrected chi connectivity index (χ4v) is 1.40. The third kappa shape index (κ3) is 3.01. The van der Waals surface area contributed by atoms with Gasteiger partial charge in [-0.05, 0) is 12.1 Å². The zero-order chi connectivity index (χ0) is 12.1. The molecule has 0 aliphatic carbocycles. The van der Waals surface area contributed by atoms with E-state index in [1.165, 1.54) is 25.3 Å². The Morgan fingerprint density at radius 2 is 2.25 bits per heavy atom. The molecular formula is C10H12ClN3O2. The number of imide groups is 1. The number of carbonyl (C=O) groups excluding carboxylic acids is 2. The lowest BCUT2D eigenvalue weighted by atomic mass is 10.2. The molecule has 1 heterocycles. The molecule has 0 aromatic carbocycles. The molecule has 1 aromatic heterocycles. The summed E-state index contributed by atoms with van der Waals surface area (Å²) < 4.78 is 0. The van der Waals surface area contributed by atoms with Crippen LogP contribution < -0.4 is 5.73 Å². The van der Waals surface area contributed by atoms with Crippen molar-refractivity contribution in [1.82, 2.24) is 9.88 Å². The van der Waals surface area contributed by atoms with Crippen LogP contribution in [0.1, 0.15) is 17.3 Å². The lowest BCUT2D eigenvalue weighted by molar-refractivity contribution is -0.126. The predicted octanol–water partition coefficient (Wildman–Crippen LogP) is 0.682. The Kier molecular flexibility index (Phi) is 4.39. The van der Waals surface area contributed by atoms with Crippen LogP contribution in [0.15, 0.2) is 18.3 Å². The number of aromatic nitrogens is 1. The second kappa shape index (κ2) is 5.58. The topological polar surface area (TPSA) is 76.3 Å². The van der Waals surface area contributed by atoms with Gasteiger partial charge in [-0.2, -0.15) is 0 Å². The largest absolute Gasteiger partial charge is 0.329 e. The minimum Gasteiger partial charge on any atom is -0.329 e. The Labute approximate surface area is 98.2 Å². The zero-order valence-electron chi connectivity index (χ0n) is 8.81. The number of nitrogens with zero attached hydrogens (tertiary/aromatic N) is 2. The molecule has 0 bridgehead atoms. The van der Waals surface area contributed by atoms with Gasteiger partial charge in [0.2, 0.25) is 5.91 Å². The Hall–Kier alpha value is -1.46. The van der Waals surface area contributed by atoms with Crippen molar-refractivity contribution in [1.29, 1.82) is 0 Å². The summed E-state index contributed by atoms with van der Waals surface area (Å²) in [4.78, 5) is 28.0. The molecule has 0 aliphatic heterocycles. The number of rotatable bonds is 3. The number of nitrogens with two attached hydrogens (primary N) is 1. The minimum atomic E-state index is -0.415. The Morgan fingerprint density at radius 1 is 1.56 bits per heavy atom. The Morgan fingerprint density at radius 3 is 2.75 bits per heavy atom. The van der Waals surface area contributed by atoms with Gasteiger partial charge in [0.25, 0.3) is 5.91 Å². The van der Waals surface area contributed by atoms with Crippen molar-refractivity contribution < 1.29 is 9.59 Å². The SMILES string of the molecule is CC(=O)N(CCN)C(=O)c1ccnc(Cl)c1. The Balaban J connectivity index is 2.94. The molecule has 86 valence electrons. The van der Waals surface area contributed by atoms with E-state index in [2.05, 4.69) is 4.98 Å². The first kappa shape index (κ1) is 12.6. The van der Waals surface area contributed by atoms with Gasteiger partial charge in [-0.3, -0.25) is 14.5 Å². The molecule has 0 saturated carbocycles. The monoisotopic (exact) mass is 241 g/mol. The fourth-order valence-electron chi connectivity index (χ4n) is 1.22. The summed E-state index contributed by atoms with van der Waals surface area (Å²) in [5.41, 5.74) is 5.65. The highest BCUT2D eigenvalue weighted by atomic mass is 35.5. The minimum absolute atomic E-state index is 0.189. The second-order valence-corrected chi connectivity index (χ2v) is 3.52. The summed E-state index contributed by atoms with van der Waals surface area (Å²) in [5, 5.41) is 0.210. The van der Waals surface area contributed by atoms with Crippen LogP contribution in [0.5, 0.6) is 0 Å². The fraction of sp³-hybridized carbons (Fsp3) is 0.300. The lowest BCUT2D eigenvalue weighted by Crippen LogP contribution is -2.38. The van der Waals surface area contributed by atoms with Crippen molar-refractivity contribution in [3.8, 4) is 0 Å². The quantitative estimate of drug-likeness (QED) is 0.790. The number of carbonyl (C=O) groups is 2. The van der Waals surface area contributed by atoms with Gasteiger partial charge in [-0.15, -0.1) is 0 Å². The van der Waals surface area contributed by atoms with Crippen molar-refractivity contribution in [3.05, 3.63) is 29.0 Å². The van der Waals surface area contributed by atoms with Gasteiger partial charge in [0.15, 0.2) is 0 Å². The van der Waals surface area contributed by atoms with E-state index >= 15 is 0 Å². The summed E-state index contributed by atoms with van der Waals surface area (Å²) in [6, 6.07) is 2.91. The molecule has 0 fully saturated rings. The summed E-state index contributed by atoms with van der Waals surface area (Å²) in [6.45, 7) is 1.73. The van der Waals surface area contributed by atoms with Crippen LogP contribution in [0.3, 0.4) is 0 Å². The third-order valence-corrected chi connectivity index (χ3v) is 2.16. The third-order valence-electron chi connectivity index (χ3n) is 1.95. The van der Waals surface area contributed by atoms with Crippen molar-refractivity contribution in [2.24, 2.45) is 5.73 Å². The molecule has 5 nitrogen and oxygen atoms in total. The standard InChI is InChI=1S/C10H12ClN3O2/c1-7(15)14(5-3-12)10(16)8-2-4-13-9(11)6-8/h2,4,6H,3,5,12H2,1H3. The number of amides is 2. The number of halogens is 1. The van der Waals surface area contributed by atoms with Gasteiger partial charge in [0.1, 0.15) is 5.15 Å². The van der Waals surface area contributed by atoms with Crippen LogP contribution in [0.2, 0.25) is 5.15 Å². The molecular weight excluding hydrogens is 230 g/mol. The molecule has 0 saturated heterocycles. The number of pyridine rings is 1. The van der Waals surface area contributed by atoms with Crippen LogP contribution in [0.4, 0.5) is 0 Å². The molecule has 2 N–H and O–H groups in total. The molecule has 6 heteroatoms. The van der Waals surface area contributed by atoms with Crippen LogP contribution in [-0.4, -0.2) is 34.8 Å². The van der Waals surface area contributed by atoms with Crippen LogP contribution >= 0.6 is 11.6 Å². The van der Waals surface area contributed by atoms with Gasteiger partial charge >= 0.3 is 0 Å². The van der Waals surface area contributed by atoms with E-state index in [0.717, 1.165) is 4.90 Å². The molecule has 1 rings (SSSR count). The summed E-state index contributed by atoms with van der Waals surface area (Å²) in [7, 11) is 0.